The van der Waals surface area contributed by atoms with E-state index in [1.807, 2.05) is 24.3 Å². The fourth-order valence-corrected chi connectivity index (χ4v) is 2.36. The average molecular weight is 320 g/mol. The van der Waals surface area contributed by atoms with Crippen LogP contribution < -0.4 is 10.1 Å². The number of benzene rings is 2. The molecular formula is C17H18ClNO3. The Kier molecular flexibility index (Phi) is 5.81. The first-order valence-corrected chi connectivity index (χ1v) is 7.30. The van der Waals surface area contributed by atoms with Crippen molar-refractivity contribution in [1.82, 2.24) is 5.32 Å². The number of ether oxygens (including phenoxy) is 1. The lowest BCUT2D eigenvalue weighted by atomic mass is 10.1. The predicted molar refractivity (Wildman–Crippen MR) is 86.1 cm³/mol. The lowest BCUT2D eigenvalue weighted by Crippen LogP contribution is -2.29. The molecule has 1 amide bonds. The minimum absolute atomic E-state index is 0.118. The van der Waals surface area contributed by atoms with E-state index in [1.165, 1.54) is 0 Å². The summed E-state index contributed by atoms with van der Waals surface area (Å²) in [6.07, 6.45) is -0.602. The summed E-state index contributed by atoms with van der Waals surface area (Å²) in [6, 6.07) is 14.3. The summed E-state index contributed by atoms with van der Waals surface area (Å²) in [5, 5.41) is 13.3. The van der Waals surface area contributed by atoms with Gasteiger partial charge in [0.15, 0.2) is 0 Å². The summed E-state index contributed by atoms with van der Waals surface area (Å²) < 4.78 is 5.12. The Morgan fingerprint density at radius 2 is 2.05 bits per heavy atom. The standard InChI is InChI=1S/C17H18ClNO3/c1-22-13-6-4-5-12(9-13)10-17(21)19-11-16(20)14-7-2-3-8-15(14)18/h2-9,16,20H,10-11H2,1H3,(H,19,21). The Balaban J connectivity index is 1.88. The van der Waals surface area contributed by atoms with E-state index in [1.54, 1.807) is 31.4 Å². The first-order valence-electron chi connectivity index (χ1n) is 6.92. The molecule has 2 aromatic rings. The van der Waals surface area contributed by atoms with Gasteiger partial charge in [-0.3, -0.25) is 4.79 Å². The molecule has 0 bridgehead atoms. The Morgan fingerprint density at radius 1 is 1.27 bits per heavy atom. The van der Waals surface area contributed by atoms with Crippen LogP contribution in [0.3, 0.4) is 0 Å². The SMILES string of the molecule is COc1cccc(CC(=O)NCC(O)c2ccccc2Cl)c1. The van der Waals surface area contributed by atoms with Crippen LogP contribution in [0.4, 0.5) is 0 Å². The smallest absolute Gasteiger partial charge is 0.224 e. The van der Waals surface area contributed by atoms with Crippen LogP contribution in [0.2, 0.25) is 5.02 Å². The second-order valence-corrected chi connectivity index (χ2v) is 5.28. The van der Waals surface area contributed by atoms with E-state index in [9.17, 15) is 9.90 Å². The van der Waals surface area contributed by atoms with Gasteiger partial charge in [-0.15, -0.1) is 0 Å². The van der Waals surface area contributed by atoms with E-state index >= 15 is 0 Å². The van der Waals surface area contributed by atoms with Crippen molar-refractivity contribution in [3.8, 4) is 5.75 Å². The Bertz CT molecular complexity index is 645. The highest BCUT2D eigenvalue weighted by atomic mass is 35.5. The van der Waals surface area contributed by atoms with Gasteiger partial charge in [0.05, 0.1) is 19.6 Å². The van der Waals surface area contributed by atoms with Crippen molar-refractivity contribution in [3.05, 3.63) is 64.7 Å². The highest BCUT2D eigenvalue weighted by Crippen LogP contribution is 2.21. The van der Waals surface area contributed by atoms with Gasteiger partial charge in [-0.25, -0.2) is 0 Å². The molecule has 5 heteroatoms. The molecule has 0 fully saturated rings. The van der Waals surface area contributed by atoms with E-state index in [4.69, 9.17) is 16.3 Å². The quantitative estimate of drug-likeness (QED) is 0.860. The molecule has 1 unspecified atom stereocenters. The lowest BCUT2D eigenvalue weighted by Gasteiger charge is -2.13. The summed E-state index contributed by atoms with van der Waals surface area (Å²) in [7, 11) is 1.58. The van der Waals surface area contributed by atoms with Gasteiger partial charge in [-0.2, -0.15) is 0 Å². The van der Waals surface area contributed by atoms with Gasteiger partial charge in [0, 0.05) is 17.1 Å². The summed E-state index contributed by atoms with van der Waals surface area (Å²) in [6.45, 7) is 0.118. The number of hydrogen-bond donors (Lipinski definition) is 2. The molecule has 0 aliphatic rings. The number of nitrogens with one attached hydrogen (secondary N) is 1. The van der Waals surface area contributed by atoms with E-state index in [0.717, 1.165) is 5.56 Å². The Morgan fingerprint density at radius 3 is 2.77 bits per heavy atom. The third-order valence-electron chi connectivity index (χ3n) is 3.26. The minimum Gasteiger partial charge on any atom is -0.497 e. The van der Waals surface area contributed by atoms with Crippen LogP contribution in [0, 0.1) is 0 Å². The molecule has 0 saturated heterocycles. The number of carbonyl (C=O) groups excluding carboxylic acids is 1. The van der Waals surface area contributed by atoms with Crippen LogP contribution >= 0.6 is 11.6 Å². The Labute approximate surface area is 134 Å². The largest absolute Gasteiger partial charge is 0.497 e. The molecule has 116 valence electrons. The van der Waals surface area contributed by atoms with Crippen molar-refractivity contribution in [2.75, 3.05) is 13.7 Å². The zero-order chi connectivity index (χ0) is 15.9. The van der Waals surface area contributed by atoms with Gasteiger partial charge in [-0.05, 0) is 23.8 Å². The summed E-state index contributed by atoms with van der Waals surface area (Å²) in [5.41, 5.74) is 1.45. The maximum absolute atomic E-state index is 11.9. The summed E-state index contributed by atoms with van der Waals surface area (Å²) >= 11 is 6.01. The first kappa shape index (κ1) is 16.3. The molecule has 0 radical (unpaired) electrons. The average Bonchev–Trinajstić information content (AvgIpc) is 2.53. The van der Waals surface area contributed by atoms with Crippen molar-refractivity contribution in [2.45, 2.75) is 12.5 Å². The molecule has 0 aromatic heterocycles. The topological polar surface area (TPSA) is 58.6 Å². The number of aliphatic hydroxyl groups is 1. The lowest BCUT2D eigenvalue weighted by molar-refractivity contribution is -0.120. The van der Waals surface area contributed by atoms with Crippen molar-refractivity contribution in [1.29, 1.82) is 0 Å². The van der Waals surface area contributed by atoms with Crippen LogP contribution in [0.5, 0.6) is 5.75 Å². The van der Waals surface area contributed by atoms with E-state index in [-0.39, 0.29) is 18.9 Å². The normalized spacial score (nSPS) is 11.8. The van der Waals surface area contributed by atoms with Crippen molar-refractivity contribution in [2.24, 2.45) is 0 Å². The molecule has 0 aliphatic carbocycles. The predicted octanol–water partition coefficient (Wildman–Crippen LogP) is 2.74. The van der Waals surface area contributed by atoms with Crippen LogP contribution in [0.25, 0.3) is 0 Å². The molecule has 0 aliphatic heterocycles. The fraction of sp³-hybridized carbons (Fsp3) is 0.235. The van der Waals surface area contributed by atoms with Crippen molar-refractivity contribution in [3.63, 3.8) is 0 Å². The van der Waals surface area contributed by atoms with Gasteiger partial charge < -0.3 is 15.2 Å². The maximum atomic E-state index is 11.9. The molecule has 1 atom stereocenters. The number of amides is 1. The number of methoxy groups -OCH3 is 1. The molecule has 0 saturated carbocycles. The maximum Gasteiger partial charge on any atom is 0.224 e. The number of aliphatic hydroxyl groups excluding tert-OH is 1. The fourth-order valence-electron chi connectivity index (χ4n) is 2.10. The van der Waals surface area contributed by atoms with E-state index < -0.39 is 6.10 Å². The minimum atomic E-state index is -0.831. The van der Waals surface area contributed by atoms with E-state index in [0.29, 0.717) is 16.3 Å². The third-order valence-corrected chi connectivity index (χ3v) is 3.60. The van der Waals surface area contributed by atoms with Crippen LogP contribution in [-0.2, 0) is 11.2 Å². The summed E-state index contributed by atoms with van der Waals surface area (Å²) in [4.78, 5) is 11.9. The molecular weight excluding hydrogens is 302 g/mol. The second kappa shape index (κ2) is 7.82. The zero-order valence-corrected chi connectivity index (χ0v) is 13.0. The van der Waals surface area contributed by atoms with Crippen molar-refractivity contribution < 1.29 is 14.6 Å². The molecule has 2 rings (SSSR count). The molecule has 2 N–H and O–H groups in total. The number of halogens is 1. The zero-order valence-electron chi connectivity index (χ0n) is 12.3. The van der Waals surface area contributed by atoms with Gasteiger partial charge in [0.2, 0.25) is 5.91 Å². The molecule has 0 spiro atoms. The highest BCUT2D eigenvalue weighted by Gasteiger charge is 2.12. The van der Waals surface area contributed by atoms with Gasteiger partial charge in [-0.1, -0.05) is 41.9 Å². The van der Waals surface area contributed by atoms with Crippen LogP contribution in [-0.4, -0.2) is 24.7 Å². The van der Waals surface area contributed by atoms with Gasteiger partial charge in [0.1, 0.15) is 5.75 Å². The third kappa shape index (κ3) is 4.48. The molecule has 22 heavy (non-hydrogen) atoms. The molecule has 2 aromatic carbocycles. The summed E-state index contributed by atoms with van der Waals surface area (Å²) in [5.74, 6) is 0.542. The number of hydrogen-bond acceptors (Lipinski definition) is 3. The monoisotopic (exact) mass is 319 g/mol. The number of rotatable bonds is 6. The van der Waals surface area contributed by atoms with E-state index in [2.05, 4.69) is 5.32 Å². The second-order valence-electron chi connectivity index (χ2n) is 4.87. The van der Waals surface area contributed by atoms with Crippen LogP contribution in [0.1, 0.15) is 17.2 Å². The van der Waals surface area contributed by atoms with Gasteiger partial charge in [0.25, 0.3) is 0 Å². The highest BCUT2D eigenvalue weighted by molar-refractivity contribution is 6.31. The van der Waals surface area contributed by atoms with Gasteiger partial charge >= 0.3 is 0 Å². The first-order chi connectivity index (χ1) is 10.6. The number of carbonyl (C=O) groups is 1. The van der Waals surface area contributed by atoms with Crippen molar-refractivity contribution >= 4 is 17.5 Å². The Hall–Kier alpha value is -2.04. The van der Waals surface area contributed by atoms with Crippen LogP contribution in [0.15, 0.2) is 48.5 Å². The molecule has 4 nitrogen and oxygen atoms in total. The molecule has 0 heterocycles.